The van der Waals surface area contributed by atoms with Gasteiger partial charge in [-0.3, -0.25) is 9.69 Å². The number of fused-ring (bicyclic) bond motifs is 2. The van der Waals surface area contributed by atoms with E-state index in [2.05, 4.69) is 16.8 Å². The molecule has 2 N–H and O–H groups in total. The fraction of sp³-hybridized carbons (Fsp3) is 0.941. The van der Waals surface area contributed by atoms with Crippen molar-refractivity contribution in [2.24, 2.45) is 11.1 Å². The molecule has 4 heteroatoms. The number of nitrogens with two attached hydrogens (primary N) is 1. The second-order valence-corrected chi connectivity index (χ2v) is 7.49. The number of carbonyl (C=O) groups excluding carboxylic acids is 1. The highest BCUT2D eigenvalue weighted by atomic mass is 16.2. The first kappa shape index (κ1) is 15.3. The summed E-state index contributed by atoms with van der Waals surface area (Å²) in [5, 5.41) is 0. The molecule has 1 aliphatic carbocycles. The van der Waals surface area contributed by atoms with E-state index in [-0.39, 0.29) is 5.41 Å². The van der Waals surface area contributed by atoms with Crippen LogP contribution in [0.25, 0.3) is 0 Å². The first-order chi connectivity index (χ1) is 10.2. The first-order valence-electron chi connectivity index (χ1n) is 8.88. The second kappa shape index (κ2) is 6.25. The van der Waals surface area contributed by atoms with E-state index < -0.39 is 0 Å². The van der Waals surface area contributed by atoms with Gasteiger partial charge < -0.3 is 10.6 Å². The Morgan fingerprint density at radius 2 is 1.76 bits per heavy atom. The molecule has 0 aromatic rings. The molecule has 120 valence electrons. The van der Waals surface area contributed by atoms with Gasteiger partial charge in [-0.25, -0.2) is 0 Å². The minimum atomic E-state index is -0.251. The van der Waals surface area contributed by atoms with Crippen LogP contribution >= 0.6 is 0 Å². The van der Waals surface area contributed by atoms with Crippen molar-refractivity contribution in [1.82, 2.24) is 9.80 Å². The number of amides is 1. The van der Waals surface area contributed by atoms with Crippen molar-refractivity contribution >= 4 is 5.91 Å². The molecule has 0 aromatic carbocycles. The van der Waals surface area contributed by atoms with Gasteiger partial charge in [0.15, 0.2) is 0 Å². The predicted octanol–water partition coefficient (Wildman–Crippen LogP) is 1.98. The number of likely N-dealkylation sites (tertiary alicyclic amines) is 1. The third kappa shape index (κ3) is 2.85. The number of hydrogen-bond acceptors (Lipinski definition) is 3. The molecule has 3 fully saturated rings. The van der Waals surface area contributed by atoms with Gasteiger partial charge in [0.2, 0.25) is 5.91 Å². The van der Waals surface area contributed by atoms with Gasteiger partial charge in [0.05, 0.1) is 5.41 Å². The summed E-state index contributed by atoms with van der Waals surface area (Å²) in [6.45, 7) is 2.39. The van der Waals surface area contributed by atoms with Crippen LogP contribution in [0.15, 0.2) is 0 Å². The Kier molecular flexibility index (Phi) is 4.55. The summed E-state index contributed by atoms with van der Waals surface area (Å²) in [6.07, 6.45) is 10.6. The molecular formula is C17H31N3O. The molecule has 2 atom stereocenters. The van der Waals surface area contributed by atoms with Crippen LogP contribution in [0.5, 0.6) is 0 Å². The van der Waals surface area contributed by atoms with Gasteiger partial charge in [0, 0.05) is 31.7 Å². The quantitative estimate of drug-likeness (QED) is 0.792. The van der Waals surface area contributed by atoms with Crippen LogP contribution in [0.4, 0.5) is 0 Å². The number of nitrogens with zero attached hydrogens (tertiary/aromatic N) is 2. The van der Waals surface area contributed by atoms with E-state index in [4.69, 9.17) is 5.73 Å². The predicted molar refractivity (Wildman–Crippen MR) is 85.0 cm³/mol. The lowest BCUT2D eigenvalue weighted by atomic mass is 9.78. The Morgan fingerprint density at radius 1 is 1.10 bits per heavy atom. The summed E-state index contributed by atoms with van der Waals surface area (Å²) in [4.78, 5) is 17.9. The molecular weight excluding hydrogens is 262 g/mol. The zero-order chi connectivity index (χ0) is 14.9. The van der Waals surface area contributed by atoms with Crippen molar-refractivity contribution in [1.29, 1.82) is 0 Å². The lowest BCUT2D eigenvalue weighted by Crippen LogP contribution is -2.50. The Labute approximate surface area is 129 Å². The van der Waals surface area contributed by atoms with E-state index in [0.29, 0.717) is 24.5 Å². The molecule has 0 radical (unpaired) electrons. The number of carbonyl (C=O) groups is 1. The van der Waals surface area contributed by atoms with Crippen LogP contribution in [-0.2, 0) is 4.79 Å². The Morgan fingerprint density at radius 3 is 2.43 bits per heavy atom. The SMILES string of the molecule is CN1C2CCC1CN(C(=O)C1(CN)CCCCCC1)CC2. The van der Waals surface area contributed by atoms with Gasteiger partial charge in [0.1, 0.15) is 0 Å². The summed E-state index contributed by atoms with van der Waals surface area (Å²) in [5.74, 6) is 0.368. The second-order valence-electron chi connectivity index (χ2n) is 7.49. The molecule has 2 bridgehead atoms. The smallest absolute Gasteiger partial charge is 0.230 e. The third-order valence-electron chi connectivity index (χ3n) is 6.34. The molecule has 1 saturated carbocycles. The van der Waals surface area contributed by atoms with Gasteiger partial charge in [-0.2, -0.15) is 0 Å². The lowest BCUT2D eigenvalue weighted by molar-refractivity contribution is -0.143. The van der Waals surface area contributed by atoms with Crippen LogP contribution in [0, 0.1) is 5.41 Å². The monoisotopic (exact) mass is 293 g/mol. The average molecular weight is 293 g/mol. The van der Waals surface area contributed by atoms with Crippen LogP contribution in [0.1, 0.15) is 57.8 Å². The average Bonchev–Trinajstić information content (AvgIpc) is 2.67. The topological polar surface area (TPSA) is 49.6 Å². The fourth-order valence-electron chi connectivity index (χ4n) is 4.74. The molecule has 21 heavy (non-hydrogen) atoms. The first-order valence-corrected chi connectivity index (χ1v) is 8.88. The zero-order valence-electron chi connectivity index (χ0n) is 13.5. The summed E-state index contributed by atoms with van der Waals surface area (Å²) in [6, 6.07) is 1.26. The largest absolute Gasteiger partial charge is 0.341 e. The number of likely N-dealkylation sites (N-methyl/N-ethyl adjacent to an activating group) is 1. The van der Waals surface area contributed by atoms with Crippen molar-refractivity contribution in [3.05, 3.63) is 0 Å². The van der Waals surface area contributed by atoms with Gasteiger partial charge in [-0.1, -0.05) is 25.7 Å². The molecule has 2 unspecified atom stereocenters. The number of hydrogen-bond donors (Lipinski definition) is 1. The standard InChI is InChI=1S/C17H31N3O/c1-19-14-6-7-15(19)12-20(11-8-14)16(21)17(13-18)9-4-2-3-5-10-17/h14-15H,2-13,18H2,1H3. The molecule has 3 aliphatic rings. The highest BCUT2D eigenvalue weighted by molar-refractivity contribution is 5.83. The van der Waals surface area contributed by atoms with E-state index in [1.807, 2.05) is 0 Å². The Hall–Kier alpha value is -0.610. The van der Waals surface area contributed by atoms with Gasteiger partial charge >= 0.3 is 0 Å². The lowest BCUT2D eigenvalue weighted by Gasteiger charge is -2.37. The van der Waals surface area contributed by atoms with Crippen molar-refractivity contribution in [3.63, 3.8) is 0 Å². The number of rotatable bonds is 2. The van der Waals surface area contributed by atoms with E-state index in [1.165, 1.54) is 38.5 Å². The molecule has 2 aliphatic heterocycles. The van der Waals surface area contributed by atoms with Crippen molar-refractivity contribution in [3.8, 4) is 0 Å². The third-order valence-corrected chi connectivity index (χ3v) is 6.34. The summed E-state index contributed by atoms with van der Waals surface area (Å²) < 4.78 is 0. The molecule has 3 rings (SSSR count). The van der Waals surface area contributed by atoms with Gasteiger partial charge in [-0.15, -0.1) is 0 Å². The van der Waals surface area contributed by atoms with E-state index in [1.54, 1.807) is 0 Å². The van der Waals surface area contributed by atoms with Crippen molar-refractivity contribution in [2.75, 3.05) is 26.7 Å². The van der Waals surface area contributed by atoms with Crippen LogP contribution in [0.3, 0.4) is 0 Å². The summed E-state index contributed by atoms with van der Waals surface area (Å²) >= 11 is 0. The maximum Gasteiger partial charge on any atom is 0.230 e. The van der Waals surface area contributed by atoms with Crippen LogP contribution < -0.4 is 5.73 Å². The zero-order valence-corrected chi connectivity index (χ0v) is 13.5. The summed E-state index contributed by atoms with van der Waals surface area (Å²) in [7, 11) is 2.24. The maximum atomic E-state index is 13.2. The van der Waals surface area contributed by atoms with E-state index in [9.17, 15) is 4.79 Å². The highest BCUT2D eigenvalue weighted by Crippen LogP contribution is 2.37. The molecule has 4 nitrogen and oxygen atoms in total. The Bertz CT molecular complexity index is 376. The molecule has 0 spiro atoms. The Balaban J connectivity index is 1.74. The van der Waals surface area contributed by atoms with Crippen LogP contribution in [0.2, 0.25) is 0 Å². The van der Waals surface area contributed by atoms with Gasteiger partial charge in [0.25, 0.3) is 0 Å². The maximum absolute atomic E-state index is 13.2. The molecule has 2 heterocycles. The minimum Gasteiger partial charge on any atom is -0.341 e. The van der Waals surface area contributed by atoms with Crippen molar-refractivity contribution in [2.45, 2.75) is 69.9 Å². The van der Waals surface area contributed by atoms with Crippen molar-refractivity contribution < 1.29 is 4.79 Å². The van der Waals surface area contributed by atoms with Gasteiger partial charge in [-0.05, 0) is 39.2 Å². The normalized spacial score (nSPS) is 33.5. The van der Waals surface area contributed by atoms with Crippen LogP contribution in [-0.4, -0.2) is 54.5 Å². The van der Waals surface area contributed by atoms with E-state index >= 15 is 0 Å². The molecule has 2 saturated heterocycles. The fourth-order valence-corrected chi connectivity index (χ4v) is 4.74. The minimum absolute atomic E-state index is 0.251. The van der Waals surface area contributed by atoms with E-state index in [0.717, 1.165) is 32.4 Å². The molecule has 0 aromatic heterocycles. The highest BCUT2D eigenvalue weighted by Gasteiger charge is 2.43. The summed E-state index contributed by atoms with van der Waals surface area (Å²) in [5.41, 5.74) is 5.85. The molecule has 1 amide bonds.